The molecular weight excluding hydrogens is 318 g/mol. The fourth-order valence-corrected chi connectivity index (χ4v) is 3.01. The van der Waals surface area contributed by atoms with Crippen LogP contribution in [-0.4, -0.2) is 66.1 Å². The number of carboxylic acids is 1. The van der Waals surface area contributed by atoms with E-state index in [4.69, 9.17) is 0 Å². The molecule has 6 nitrogen and oxygen atoms in total. The van der Waals surface area contributed by atoms with Crippen LogP contribution in [0.15, 0.2) is 42.5 Å². The average Bonchev–Trinajstić information content (AvgIpc) is 2.56. The van der Waals surface area contributed by atoms with E-state index < -0.39 is 11.9 Å². The van der Waals surface area contributed by atoms with E-state index in [0.29, 0.717) is 12.2 Å². The molecule has 1 aliphatic rings. The maximum atomic E-state index is 12.1. The quantitative estimate of drug-likeness (QED) is 0.704. The number of carboxylic acid groups (broad SMARTS) is 1. The molecule has 1 aromatic carbocycles. The van der Waals surface area contributed by atoms with Crippen LogP contribution in [0.25, 0.3) is 0 Å². The molecule has 0 aromatic heterocycles. The van der Waals surface area contributed by atoms with Crippen molar-refractivity contribution in [2.45, 2.75) is 13.3 Å². The molecule has 1 fully saturated rings. The first-order chi connectivity index (χ1) is 11.9. The number of hydrogen-bond acceptors (Lipinski definition) is 4. The first-order valence-electron chi connectivity index (χ1n) is 8.61. The normalized spacial score (nSPS) is 17.0. The van der Waals surface area contributed by atoms with E-state index >= 15 is 0 Å². The zero-order valence-corrected chi connectivity index (χ0v) is 14.8. The third-order valence-corrected chi connectivity index (χ3v) is 4.28. The fourth-order valence-electron chi connectivity index (χ4n) is 3.01. The molecule has 0 bridgehead atoms. The van der Waals surface area contributed by atoms with Crippen LogP contribution in [0.4, 0.5) is 5.69 Å². The smallest absolute Gasteiger partial charge is 0.308 e. The zero-order chi connectivity index (χ0) is 18.2. The van der Waals surface area contributed by atoms with Crippen LogP contribution in [0.2, 0.25) is 0 Å². The molecular formula is C19H27N3O3. The van der Waals surface area contributed by atoms with Crippen molar-refractivity contribution < 1.29 is 14.7 Å². The lowest BCUT2D eigenvalue weighted by Gasteiger charge is -2.35. The van der Waals surface area contributed by atoms with Gasteiger partial charge in [0, 0.05) is 51.4 Å². The SMILES string of the molecule is C=C(C)CN1CCN(C[C@H](CC(=O)Nc2ccccc2)C(=O)O)CC1. The van der Waals surface area contributed by atoms with Crippen LogP contribution >= 0.6 is 0 Å². The summed E-state index contributed by atoms with van der Waals surface area (Å²) in [5, 5.41) is 12.2. The maximum Gasteiger partial charge on any atom is 0.308 e. The second-order valence-corrected chi connectivity index (χ2v) is 6.69. The number of benzene rings is 1. The van der Waals surface area contributed by atoms with E-state index in [2.05, 4.69) is 21.7 Å². The number of carbonyl (C=O) groups is 2. The van der Waals surface area contributed by atoms with Crippen molar-refractivity contribution >= 4 is 17.6 Å². The second kappa shape index (κ2) is 9.34. The van der Waals surface area contributed by atoms with Gasteiger partial charge in [0.2, 0.25) is 5.91 Å². The molecule has 136 valence electrons. The van der Waals surface area contributed by atoms with Crippen LogP contribution in [0, 0.1) is 5.92 Å². The lowest BCUT2D eigenvalue weighted by atomic mass is 10.0. The van der Waals surface area contributed by atoms with Gasteiger partial charge in [-0.2, -0.15) is 0 Å². The molecule has 25 heavy (non-hydrogen) atoms. The second-order valence-electron chi connectivity index (χ2n) is 6.69. The van der Waals surface area contributed by atoms with Gasteiger partial charge in [-0.15, -0.1) is 0 Å². The van der Waals surface area contributed by atoms with Crippen LogP contribution < -0.4 is 5.32 Å². The number of nitrogens with one attached hydrogen (secondary N) is 1. The predicted molar refractivity (Wildman–Crippen MR) is 98.5 cm³/mol. The number of para-hydroxylation sites is 1. The summed E-state index contributed by atoms with van der Waals surface area (Å²) in [6.45, 7) is 10.7. The van der Waals surface area contributed by atoms with Gasteiger partial charge in [0.25, 0.3) is 0 Å². The summed E-state index contributed by atoms with van der Waals surface area (Å²) in [5.41, 5.74) is 1.82. The van der Waals surface area contributed by atoms with Crippen molar-refractivity contribution in [3.63, 3.8) is 0 Å². The van der Waals surface area contributed by atoms with Crippen LogP contribution in [0.5, 0.6) is 0 Å². The van der Waals surface area contributed by atoms with Crippen LogP contribution in [0.1, 0.15) is 13.3 Å². The van der Waals surface area contributed by atoms with E-state index in [1.54, 1.807) is 12.1 Å². The number of piperazine rings is 1. The Labute approximate surface area is 149 Å². The Kier molecular flexibility index (Phi) is 7.16. The minimum Gasteiger partial charge on any atom is -0.481 e. The standard InChI is InChI=1S/C19H27N3O3/c1-15(2)13-21-8-10-22(11-9-21)14-16(19(24)25)12-18(23)20-17-6-4-3-5-7-17/h3-7,16H,1,8-14H2,2H3,(H,20,23)(H,24,25)/t16-/m0/s1. The van der Waals surface area contributed by atoms with Crippen molar-refractivity contribution in [1.82, 2.24) is 9.80 Å². The molecule has 0 spiro atoms. The minimum atomic E-state index is -0.924. The number of hydrogen-bond donors (Lipinski definition) is 2. The molecule has 0 unspecified atom stereocenters. The number of amides is 1. The van der Waals surface area contributed by atoms with Crippen LogP contribution in [0.3, 0.4) is 0 Å². The monoisotopic (exact) mass is 345 g/mol. The van der Waals surface area contributed by atoms with E-state index in [1.807, 2.05) is 25.1 Å². The summed E-state index contributed by atoms with van der Waals surface area (Å²) in [6, 6.07) is 9.09. The highest BCUT2D eigenvalue weighted by atomic mass is 16.4. The van der Waals surface area contributed by atoms with Gasteiger partial charge in [0.15, 0.2) is 0 Å². The topological polar surface area (TPSA) is 72.9 Å². The van der Waals surface area contributed by atoms with Crippen molar-refractivity contribution in [1.29, 1.82) is 0 Å². The number of nitrogens with zero attached hydrogens (tertiary/aromatic N) is 2. The summed E-state index contributed by atoms with van der Waals surface area (Å²) in [7, 11) is 0. The summed E-state index contributed by atoms with van der Waals surface area (Å²) in [5.74, 6) is -1.89. The summed E-state index contributed by atoms with van der Waals surface area (Å²) in [4.78, 5) is 28.1. The highest BCUT2D eigenvalue weighted by Gasteiger charge is 2.26. The lowest BCUT2D eigenvalue weighted by molar-refractivity contribution is -0.144. The molecule has 1 aliphatic heterocycles. The first kappa shape index (κ1) is 19.1. The zero-order valence-electron chi connectivity index (χ0n) is 14.8. The first-order valence-corrected chi connectivity index (χ1v) is 8.61. The third-order valence-electron chi connectivity index (χ3n) is 4.28. The predicted octanol–water partition coefficient (Wildman–Crippen LogP) is 1.91. The van der Waals surface area contributed by atoms with E-state index in [9.17, 15) is 14.7 Å². The van der Waals surface area contributed by atoms with Gasteiger partial charge < -0.3 is 10.4 Å². The summed E-state index contributed by atoms with van der Waals surface area (Å²) < 4.78 is 0. The van der Waals surface area contributed by atoms with E-state index in [1.165, 1.54) is 0 Å². The lowest BCUT2D eigenvalue weighted by Crippen LogP contribution is -2.49. The number of rotatable bonds is 8. The Morgan fingerprint density at radius 2 is 1.76 bits per heavy atom. The van der Waals surface area contributed by atoms with Gasteiger partial charge in [-0.3, -0.25) is 19.4 Å². The Bertz CT molecular complexity index is 595. The van der Waals surface area contributed by atoms with Crippen molar-refractivity contribution in [3.8, 4) is 0 Å². The van der Waals surface area contributed by atoms with Gasteiger partial charge in [-0.1, -0.05) is 30.4 Å². The molecule has 0 aliphatic carbocycles. The Morgan fingerprint density at radius 3 is 2.32 bits per heavy atom. The molecule has 2 N–H and O–H groups in total. The highest BCUT2D eigenvalue weighted by Crippen LogP contribution is 2.13. The van der Waals surface area contributed by atoms with Gasteiger partial charge in [0.05, 0.1) is 5.92 Å². The van der Waals surface area contributed by atoms with Crippen LogP contribution in [-0.2, 0) is 9.59 Å². The molecule has 0 radical (unpaired) electrons. The molecule has 2 rings (SSSR count). The molecule has 0 saturated carbocycles. The minimum absolute atomic E-state index is 0.0177. The van der Waals surface area contributed by atoms with Gasteiger partial charge in [0.1, 0.15) is 0 Å². The van der Waals surface area contributed by atoms with Gasteiger partial charge in [-0.25, -0.2) is 0 Å². The summed E-state index contributed by atoms with van der Waals surface area (Å²) in [6.07, 6.45) is -0.0177. The Morgan fingerprint density at radius 1 is 1.16 bits per heavy atom. The van der Waals surface area contributed by atoms with Crippen molar-refractivity contribution in [2.75, 3.05) is 44.6 Å². The Balaban J connectivity index is 1.82. The molecule has 6 heteroatoms. The molecule has 1 saturated heterocycles. The maximum absolute atomic E-state index is 12.1. The molecule has 1 heterocycles. The van der Waals surface area contributed by atoms with E-state index in [-0.39, 0.29) is 12.3 Å². The molecule has 1 atom stereocenters. The molecule has 1 aromatic rings. The number of aliphatic carboxylic acids is 1. The van der Waals surface area contributed by atoms with Crippen molar-refractivity contribution in [3.05, 3.63) is 42.5 Å². The summed E-state index contributed by atoms with van der Waals surface area (Å²) >= 11 is 0. The van der Waals surface area contributed by atoms with Crippen molar-refractivity contribution in [2.24, 2.45) is 5.92 Å². The third kappa shape index (κ3) is 6.68. The number of anilines is 1. The highest BCUT2D eigenvalue weighted by molar-refractivity contribution is 5.93. The largest absolute Gasteiger partial charge is 0.481 e. The number of carbonyl (C=O) groups excluding carboxylic acids is 1. The molecule has 1 amide bonds. The van der Waals surface area contributed by atoms with E-state index in [0.717, 1.165) is 38.3 Å². The Hall–Kier alpha value is -2.18. The fraction of sp³-hybridized carbons (Fsp3) is 0.474. The van der Waals surface area contributed by atoms with Gasteiger partial charge >= 0.3 is 5.97 Å². The van der Waals surface area contributed by atoms with Gasteiger partial charge in [-0.05, 0) is 19.1 Å². The average molecular weight is 345 g/mol.